The number of nitrogens with one attached hydrogen (secondary N) is 1. The molecule has 0 aromatic heterocycles. The van der Waals surface area contributed by atoms with Crippen LogP contribution in [0.5, 0.6) is 0 Å². The quantitative estimate of drug-likeness (QED) is 0.736. The first-order chi connectivity index (χ1) is 6.71. The van der Waals surface area contributed by atoms with Crippen LogP contribution in [0.4, 0.5) is 0 Å². The van der Waals surface area contributed by atoms with Gasteiger partial charge in [0.25, 0.3) is 0 Å². The second-order valence-corrected chi connectivity index (χ2v) is 4.06. The summed E-state index contributed by atoms with van der Waals surface area (Å²) in [6.45, 7) is 10.3. The summed E-state index contributed by atoms with van der Waals surface area (Å²) in [6, 6.07) is 2.56. The van der Waals surface area contributed by atoms with Crippen molar-refractivity contribution in [3.63, 3.8) is 0 Å². The summed E-state index contributed by atoms with van der Waals surface area (Å²) in [4.78, 5) is 2.30. The van der Waals surface area contributed by atoms with Crippen molar-refractivity contribution < 1.29 is 0 Å². The molecule has 80 valence electrons. The lowest BCUT2D eigenvalue weighted by molar-refractivity contribution is 0.0704. The van der Waals surface area contributed by atoms with Crippen LogP contribution < -0.4 is 5.32 Å². The third-order valence-corrected chi connectivity index (χ3v) is 3.47. The third-order valence-electron chi connectivity index (χ3n) is 3.47. The number of rotatable bonds is 3. The highest BCUT2D eigenvalue weighted by molar-refractivity contribution is 5.13. The predicted octanol–water partition coefficient (Wildman–Crippen LogP) is 1.22. The summed E-state index contributed by atoms with van der Waals surface area (Å²) in [7, 11) is 0. The molecule has 1 saturated heterocycles. The Balaban J connectivity index is 2.87. The van der Waals surface area contributed by atoms with Crippen LogP contribution in [-0.2, 0) is 0 Å². The first kappa shape index (κ1) is 11.5. The smallest absolute Gasteiger partial charge is 0.114 e. The molecule has 1 aliphatic rings. The molecule has 1 rings (SSSR count). The molecule has 14 heavy (non-hydrogen) atoms. The molecule has 0 aliphatic carbocycles. The largest absolute Gasteiger partial charge is 0.316 e. The van der Waals surface area contributed by atoms with Crippen molar-refractivity contribution in [3.8, 4) is 6.07 Å². The fraction of sp³-hybridized carbons (Fsp3) is 0.909. The van der Waals surface area contributed by atoms with Crippen LogP contribution >= 0.6 is 0 Å². The molecular weight excluding hydrogens is 174 g/mol. The predicted molar refractivity (Wildman–Crippen MR) is 57.9 cm³/mol. The Morgan fingerprint density at radius 1 is 1.50 bits per heavy atom. The first-order valence-electron chi connectivity index (χ1n) is 5.58. The van der Waals surface area contributed by atoms with Crippen LogP contribution in [0.3, 0.4) is 0 Å². The van der Waals surface area contributed by atoms with Crippen LogP contribution in [0.25, 0.3) is 0 Å². The molecule has 2 atom stereocenters. The minimum Gasteiger partial charge on any atom is -0.316 e. The Morgan fingerprint density at radius 3 is 2.57 bits per heavy atom. The summed E-state index contributed by atoms with van der Waals surface area (Å²) in [5, 5.41) is 12.8. The monoisotopic (exact) mass is 195 g/mol. The van der Waals surface area contributed by atoms with E-state index in [1.165, 1.54) is 0 Å². The highest BCUT2D eigenvalue weighted by Gasteiger charge is 2.42. The van der Waals surface area contributed by atoms with E-state index < -0.39 is 0 Å². The van der Waals surface area contributed by atoms with Crippen LogP contribution in [0.2, 0.25) is 0 Å². The molecule has 0 amide bonds. The molecule has 1 heterocycles. The van der Waals surface area contributed by atoms with Crippen LogP contribution in [0.15, 0.2) is 0 Å². The molecule has 0 aromatic rings. The molecule has 1 aliphatic heterocycles. The molecular formula is C11H21N3. The van der Waals surface area contributed by atoms with E-state index in [-0.39, 0.29) is 5.54 Å². The van der Waals surface area contributed by atoms with Gasteiger partial charge < -0.3 is 5.32 Å². The number of hydrogen-bond donors (Lipinski definition) is 1. The number of piperidine rings is 1. The summed E-state index contributed by atoms with van der Waals surface area (Å²) < 4.78 is 0. The fourth-order valence-corrected chi connectivity index (χ4v) is 2.51. The van der Waals surface area contributed by atoms with Crippen molar-refractivity contribution in [2.75, 3.05) is 26.2 Å². The maximum absolute atomic E-state index is 9.43. The van der Waals surface area contributed by atoms with Crippen molar-refractivity contribution in [3.05, 3.63) is 0 Å². The molecule has 1 fully saturated rings. The molecule has 0 spiro atoms. The van der Waals surface area contributed by atoms with Gasteiger partial charge in [-0.15, -0.1) is 0 Å². The van der Waals surface area contributed by atoms with E-state index in [2.05, 4.69) is 37.1 Å². The van der Waals surface area contributed by atoms with E-state index in [1.807, 2.05) is 0 Å². The minimum absolute atomic E-state index is 0.227. The average Bonchev–Trinajstić information content (AvgIpc) is 2.22. The SMILES string of the molecule is CCN(CC)C1(C#N)CCNCC1C. The average molecular weight is 195 g/mol. The van der Waals surface area contributed by atoms with Gasteiger partial charge in [0.2, 0.25) is 0 Å². The Labute approximate surface area is 87.1 Å². The van der Waals surface area contributed by atoms with Gasteiger partial charge in [0, 0.05) is 12.5 Å². The molecule has 2 unspecified atom stereocenters. The van der Waals surface area contributed by atoms with Crippen LogP contribution in [0.1, 0.15) is 27.2 Å². The highest BCUT2D eigenvalue weighted by atomic mass is 15.2. The standard InChI is InChI=1S/C11H21N3/c1-4-14(5-2)11(9-12)6-7-13-8-10(11)3/h10,13H,4-8H2,1-3H3. The zero-order chi connectivity index (χ0) is 10.6. The Bertz CT molecular complexity index is 217. The summed E-state index contributed by atoms with van der Waals surface area (Å²) in [6.07, 6.45) is 0.951. The third kappa shape index (κ3) is 1.77. The first-order valence-corrected chi connectivity index (χ1v) is 5.58. The fourth-order valence-electron chi connectivity index (χ4n) is 2.51. The second-order valence-electron chi connectivity index (χ2n) is 4.06. The molecule has 0 saturated carbocycles. The lowest BCUT2D eigenvalue weighted by atomic mass is 9.79. The maximum atomic E-state index is 9.43. The lowest BCUT2D eigenvalue weighted by Gasteiger charge is -2.45. The van der Waals surface area contributed by atoms with E-state index >= 15 is 0 Å². The topological polar surface area (TPSA) is 39.1 Å². The van der Waals surface area contributed by atoms with E-state index in [1.54, 1.807) is 0 Å². The van der Waals surface area contributed by atoms with Gasteiger partial charge in [0.1, 0.15) is 5.54 Å². The molecule has 3 nitrogen and oxygen atoms in total. The number of nitriles is 1. The van der Waals surface area contributed by atoms with Crippen LogP contribution in [0, 0.1) is 17.2 Å². The normalized spacial score (nSPS) is 32.9. The zero-order valence-corrected chi connectivity index (χ0v) is 9.51. The Morgan fingerprint density at radius 2 is 2.14 bits per heavy atom. The van der Waals surface area contributed by atoms with E-state index in [0.29, 0.717) is 5.92 Å². The van der Waals surface area contributed by atoms with Crippen molar-refractivity contribution in [1.29, 1.82) is 5.26 Å². The van der Waals surface area contributed by atoms with Gasteiger partial charge in [-0.3, -0.25) is 4.90 Å². The minimum atomic E-state index is -0.227. The molecule has 3 heteroatoms. The van der Waals surface area contributed by atoms with Gasteiger partial charge in [-0.2, -0.15) is 5.26 Å². The summed E-state index contributed by atoms with van der Waals surface area (Å²) in [5.74, 6) is 0.418. The van der Waals surface area contributed by atoms with Gasteiger partial charge in [-0.05, 0) is 26.1 Å². The van der Waals surface area contributed by atoms with Gasteiger partial charge in [0.05, 0.1) is 6.07 Å². The maximum Gasteiger partial charge on any atom is 0.114 e. The van der Waals surface area contributed by atoms with Gasteiger partial charge in [-0.1, -0.05) is 20.8 Å². The number of nitrogens with zero attached hydrogens (tertiary/aromatic N) is 2. The van der Waals surface area contributed by atoms with Crippen molar-refractivity contribution in [2.45, 2.75) is 32.7 Å². The van der Waals surface area contributed by atoms with E-state index in [9.17, 15) is 5.26 Å². The second kappa shape index (κ2) is 4.77. The Kier molecular flexibility index (Phi) is 3.91. The van der Waals surface area contributed by atoms with Gasteiger partial charge in [0.15, 0.2) is 0 Å². The molecule has 1 N–H and O–H groups in total. The summed E-state index contributed by atoms with van der Waals surface area (Å²) in [5.41, 5.74) is -0.227. The molecule has 0 radical (unpaired) electrons. The van der Waals surface area contributed by atoms with Gasteiger partial charge >= 0.3 is 0 Å². The van der Waals surface area contributed by atoms with Crippen molar-refractivity contribution >= 4 is 0 Å². The lowest BCUT2D eigenvalue weighted by Crippen LogP contribution is -2.58. The number of hydrogen-bond acceptors (Lipinski definition) is 3. The molecule has 0 bridgehead atoms. The van der Waals surface area contributed by atoms with E-state index in [0.717, 1.165) is 32.6 Å². The highest BCUT2D eigenvalue weighted by Crippen LogP contribution is 2.30. The summed E-state index contributed by atoms with van der Waals surface area (Å²) >= 11 is 0. The van der Waals surface area contributed by atoms with Crippen molar-refractivity contribution in [1.82, 2.24) is 10.2 Å². The Hall–Kier alpha value is -0.590. The molecule has 0 aromatic carbocycles. The zero-order valence-electron chi connectivity index (χ0n) is 9.51. The van der Waals surface area contributed by atoms with Crippen LogP contribution in [-0.4, -0.2) is 36.6 Å². The van der Waals surface area contributed by atoms with Crippen molar-refractivity contribution in [2.24, 2.45) is 5.92 Å². The van der Waals surface area contributed by atoms with E-state index in [4.69, 9.17) is 0 Å². The van der Waals surface area contributed by atoms with Gasteiger partial charge in [-0.25, -0.2) is 0 Å².